The van der Waals surface area contributed by atoms with Crippen LogP contribution in [-0.4, -0.2) is 0 Å². The molecule has 8 aromatic rings. The van der Waals surface area contributed by atoms with Crippen LogP contribution in [0, 0.1) is 0 Å². The second kappa shape index (κ2) is 9.19. The van der Waals surface area contributed by atoms with Crippen molar-refractivity contribution in [1.29, 1.82) is 0 Å². The van der Waals surface area contributed by atoms with E-state index < -0.39 is 0 Å². The number of hydrogen-bond donors (Lipinski definition) is 0. The van der Waals surface area contributed by atoms with Crippen molar-refractivity contribution in [2.45, 2.75) is 19.3 Å². The predicted octanol–water partition coefficient (Wildman–Crippen LogP) is 12.6. The molecular formula is C45H30O. The molecule has 1 heteroatoms. The normalized spacial score (nSPS) is 13.8. The largest absolute Gasteiger partial charge is 0.455 e. The van der Waals surface area contributed by atoms with Crippen LogP contribution in [0.2, 0.25) is 0 Å². The summed E-state index contributed by atoms with van der Waals surface area (Å²) < 4.78 is 6.81. The molecule has 1 nitrogen and oxygen atoms in total. The first-order chi connectivity index (χ1) is 22.6. The lowest BCUT2D eigenvalue weighted by Gasteiger charge is -2.25. The van der Waals surface area contributed by atoms with E-state index in [0.717, 1.165) is 22.6 Å². The van der Waals surface area contributed by atoms with E-state index in [0.29, 0.717) is 0 Å². The lowest BCUT2D eigenvalue weighted by atomic mass is 9.81. The van der Waals surface area contributed by atoms with Gasteiger partial charge in [0, 0.05) is 21.9 Å². The number of rotatable bonds is 2. The van der Waals surface area contributed by atoms with Crippen molar-refractivity contribution in [3.8, 4) is 56.0 Å². The van der Waals surface area contributed by atoms with Crippen molar-refractivity contribution >= 4 is 32.3 Å². The Kier molecular flexibility index (Phi) is 5.12. The Morgan fingerprint density at radius 3 is 1.91 bits per heavy atom. The Bertz CT molecular complexity index is 2590. The second-order valence-corrected chi connectivity index (χ2v) is 13.3. The zero-order valence-corrected chi connectivity index (χ0v) is 25.8. The maximum absolute atomic E-state index is 6.81. The van der Waals surface area contributed by atoms with Crippen LogP contribution in [0.5, 0.6) is 11.5 Å². The van der Waals surface area contributed by atoms with Gasteiger partial charge in [-0.2, -0.15) is 0 Å². The fraction of sp³-hybridized carbons (Fsp3) is 0.0667. The highest BCUT2D eigenvalue weighted by atomic mass is 16.5. The number of benzene rings is 8. The number of para-hydroxylation sites is 1. The number of hydrogen-bond acceptors (Lipinski definition) is 1. The minimum absolute atomic E-state index is 0.0148. The predicted molar refractivity (Wildman–Crippen MR) is 193 cm³/mol. The first-order valence-electron chi connectivity index (χ1n) is 16.1. The van der Waals surface area contributed by atoms with Gasteiger partial charge >= 0.3 is 0 Å². The summed E-state index contributed by atoms with van der Waals surface area (Å²) in [5.41, 5.74) is 12.7. The highest BCUT2D eigenvalue weighted by Gasteiger charge is 2.35. The van der Waals surface area contributed by atoms with Gasteiger partial charge in [0.2, 0.25) is 0 Å². The first-order valence-corrected chi connectivity index (χ1v) is 16.1. The highest BCUT2D eigenvalue weighted by Crippen LogP contribution is 2.54. The molecule has 1 aliphatic heterocycles. The molecule has 0 bridgehead atoms. The molecule has 0 amide bonds. The van der Waals surface area contributed by atoms with E-state index in [-0.39, 0.29) is 5.41 Å². The molecule has 0 spiro atoms. The molecule has 46 heavy (non-hydrogen) atoms. The van der Waals surface area contributed by atoms with Gasteiger partial charge in [0.1, 0.15) is 11.5 Å². The van der Waals surface area contributed by atoms with Gasteiger partial charge in [-0.15, -0.1) is 0 Å². The molecule has 1 heterocycles. The van der Waals surface area contributed by atoms with Crippen molar-refractivity contribution in [1.82, 2.24) is 0 Å². The third-order valence-corrected chi connectivity index (χ3v) is 10.4. The van der Waals surface area contributed by atoms with Gasteiger partial charge in [0.25, 0.3) is 0 Å². The Labute approximate surface area is 268 Å². The van der Waals surface area contributed by atoms with Crippen molar-refractivity contribution in [2.24, 2.45) is 0 Å². The van der Waals surface area contributed by atoms with E-state index in [1.165, 1.54) is 76.8 Å². The summed E-state index contributed by atoms with van der Waals surface area (Å²) in [6.07, 6.45) is 0. The van der Waals surface area contributed by atoms with Crippen LogP contribution in [-0.2, 0) is 5.41 Å². The first kappa shape index (κ1) is 25.6. The molecule has 8 aromatic carbocycles. The van der Waals surface area contributed by atoms with Crippen LogP contribution in [0.3, 0.4) is 0 Å². The Balaban J connectivity index is 1.13. The summed E-state index contributed by atoms with van der Waals surface area (Å²) in [6, 6.07) is 53.4. The van der Waals surface area contributed by atoms with E-state index in [1.54, 1.807) is 0 Å². The highest BCUT2D eigenvalue weighted by molar-refractivity contribution is 6.22. The summed E-state index contributed by atoms with van der Waals surface area (Å²) in [7, 11) is 0. The smallest absolute Gasteiger partial charge is 0.144 e. The Morgan fingerprint density at radius 1 is 0.435 bits per heavy atom. The molecule has 10 rings (SSSR count). The molecule has 0 unspecified atom stereocenters. The summed E-state index contributed by atoms with van der Waals surface area (Å²) in [5, 5.41) is 7.32. The number of fused-ring (bicyclic) bond motifs is 8. The molecule has 0 aromatic heterocycles. The summed E-state index contributed by atoms with van der Waals surface area (Å²) in [6.45, 7) is 4.69. The van der Waals surface area contributed by atoms with E-state index >= 15 is 0 Å². The van der Waals surface area contributed by atoms with Gasteiger partial charge in [-0.3, -0.25) is 0 Å². The van der Waals surface area contributed by atoms with Gasteiger partial charge in [0.05, 0.1) is 0 Å². The summed E-state index contributed by atoms with van der Waals surface area (Å²) in [4.78, 5) is 0. The van der Waals surface area contributed by atoms with Crippen LogP contribution in [0.4, 0.5) is 0 Å². The fourth-order valence-corrected chi connectivity index (χ4v) is 8.17. The van der Waals surface area contributed by atoms with Crippen LogP contribution in [0.15, 0.2) is 146 Å². The lowest BCUT2D eigenvalue weighted by molar-refractivity contribution is 0.489. The molecule has 0 atom stereocenters. The van der Waals surface area contributed by atoms with Crippen molar-refractivity contribution < 1.29 is 4.74 Å². The summed E-state index contributed by atoms with van der Waals surface area (Å²) in [5.74, 6) is 1.85. The van der Waals surface area contributed by atoms with E-state index in [2.05, 4.69) is 159 Å². The average Bonchev–Trinajstić information content (AvgIpc) is 3.34. The van der Waals surface area contributed by atoms with Gasteiger partial charge in [0.15, 0.2) is 0 Å². The van der Waals surface area contributed by atoms with Gasteiger partial charge in [-0.25, -0.2) is 0 Å². The third kappa shape index (κ3) is 3.46. The van der Waals surface area contributed by atoms with Crippen molar-refractivity contribution in [2.75, 3.05) is 0 Å². The monoisotopic (exact) mass is 586 g/mol. The fourth-order valence-electron chi connectivity index (χ4n) is 8.17. The molecule has 2 aliphatic rings. The van der Waals surface area contributed by atoms with Crippen molar-refractivity contribution in [3.63, 3.8) is 0 Å². The summed E-state index contributed by atoms with van der Waals surface area (Å²) >= 11 is 0. The van der Waals surface area contributed by atoms with Crippen molar-refractivity contribution in [3.05, 3.63) is 157 Å². The average molecular weight is 587 g/mol. The SMILES string of the molecule is CC1(C)c2ccccc2-c2ccc(-c3ccc4cc(-c5c6c7c(cccc7c7ccccc57)-c5ccccc5O6)ccc4c3)cc21. The minimum atomic E-state index is -0.0148. The standard InChI is InChI=1S/C45H30O/c1-45(2)39-16-7-5-11-33(39)34-23-22-30(26-40(34)45)28-18-19-29-25-31(21-20-27(29)24-28)42-36-13-4-3-10-32(36)37-14-9-15-38-35-12-6-8-17-41(35)46-44(42)43(37)38/h3-26H,1-2H3. The maximum Gasteiger partial charge on any atom is 0.144 e. The zero-order chi connectivity index (χ0) is 30.6. The maximum atomic E-state index is 6.81. The third-order valence-electron chi connectivity index (χ3n) is 10.4. The molecule has 0 radical (unpaired) electrons. The quantitative estimate of drug-likeness (QED) is 0.183. The molecule has 0 fully saturated rings. The lowest BCUT2D eigenvalue weighted by Crippen LogP contribution is -2.14. The minimum Gasteiger partial charge on any atom is -0.455 e. The molecular weight excluding hydrogens is 556 g/mol. The Hall–Kier alpha value is -5.66. The topological polar surface area (TPSA) is 9.23 Å². The molecule has 0 N–H and O–H groups in total. The zero-order valence-electron chi connectivity index (χ0n) is 25.8. The van der Waals surface area contributed by atoms with Gasteiger partial charge < -0.3 is 4.74 Å². The molecule has 216 valence electrons. The van der Waals surface area contributed by atoms with Gasteiger partial charge in [-0.1, -0.05) is 135 Å². The van der Waals surface area contributed by atoms with Gasteiger partial charge in [-0.05, 0) is 95.7 Å². The molecule has 0 saturated carbocycles. The van der Waals surface area contributed by atoms with E-state index in [1.807, 2.05) is 0 Å². The molecule has 1 aliphatic carbocycles. The Morgan fingerprint density at radius 2 is 1.04 bits per heavy atom. The van der Waals surface area contributed by atoms with Crippen LogP contribution in [0.25, 0.3) is 76.8 Å². The van der Waals surface area contributed by atoms with Crippen LogP contribution in [0.1, 0.15) is 25.0 Å². The van der Waals surface area contributed by atoms with Crippen LogP contribution < -0.4 is 4.74 Å². The second-order valence-electron chi connectivity index (χ2n) is 13.3. The number of ether oxygens (including phenoxy) is 1. The van der Waals surface area contributed by atoms with E-state index in [4.69, 9.17) is 4.74 Å². The molecule has 0 saturated heterocycles. The van der Waals surface area contributed by atoms with Crippen LogP contribution >= 0.6 is 0 Å². The van der Waals surface area contributed by atoms with E-state index in [9.17, 15) is 0 Å².